The Labute approximate surface area is 98.7 Å². The molecular weight excluding hydrogens is 200 g/mol. The Hall–Kier alpha value is -0.630. The average Bonchev–Trinajstić information content (AvgIpc) is 2.61. The van der Waals surface area contributed by atoms with Gasteiger partial charge in [-0.25, -0.2) is 0 Å². The van der Waals surface area contributed by atoms with Crippen molar-refractivity contribution in [3.05, 3.63) is 12.2 Å². The second-order valence-electron chi connectivity index (χ2n) is 5.27. The van der Waals surface area contributed by atoms with E-state index in [1.165, 1.54) is 0 Å². The van der Waals surface area contributed by atoms with E-state index in [2.05, 4.69) is 19.1 Å². The Kier molecular flexibility index (Phi) is 5.20. The minimum Gasteiger partial charge on any atom is -0.390 e. The minimum atomic E-state index is -0.574. The fourth-order valence-electron chi connectivity index (χ4n) is 2.18. The van der Waals surface area contributed by atoms with Crippen LogP contribution in [0.3, 0.4) is 0 Å². The van der Waals surface area contributed by atoms with Crippen LogP contribution in [0.25, 0.3) is 0 Å². The Morgan fingerprint density at radius 2 is 2.31 bits per heavy atom. The van der Waals surface area contributed by atoms with Gasteiger partial charge in [-0.3, -0.25) is 4.79 Å². The quantitative estimate of drug-likeness (QED) is 0.703. The van der Waals surface area contributed by atoms with Crippen LogP contribution in [0.5, 0.6) is 0 Å². The average molecular weight is 224 g/mol. The maximum absolute atomic E-state index is 11.1. The van der Waals surface area contributed by atoms with E-state index >= 15 is 0 Å². The van der Waals surface area contributed by atoms with Gasteiger partial charge in [0.15, 0.2) is 0 Å². The van der Waals surface area contributed by atoms with Crippen LogP contribution in [0.15, 0.2) is 12.2 Å². The van der Waals surface area contributed by atoms with Gasteiger partial charge in [-0.2, -0.15) is 0 Å². The normalized spacial score (nSPS) is 25.2. The summed E-state index contributed by atoms with van der Waals surface area (Å²) < 4.78 is 0. The molecule has 0 radical (unpaired) electrons. The standard InChI is InChI=1S/C14H24O2/c1-3-4-9-14(2,16)10-5-6-12-7-8-13(15)11-12/h5-6,12,16H,3-4,7-11H2,1-2H3/b6-5+/t12-,14?/m0/s1. The molecule has 16 heavy (non-hydrogen) atoms. The first-order valence-electron chi connectivity index (χ1n) is 6.44. The molecule has 1 aliphatic rings. The summed E-state index contributed by atoms with van der Waals surface area (Å²) in [5.74, 6) is 0.807. The van der Waals surface area contributed by atoms with Crippen molar-refractivity contribution in [1.82, 2.24) is 0 Å². The molecule has 0 spiro atoms. The number of allylic oxidation sites excluding steroid dienone is 1. The van der Waals surface area contributed by atoms with Crippen molar-refractivity contribution in [2.45, 2.75) is 64.4 Å². The third-order valence-electron chi connectivity index (χ3n) is 3.32. The Balaban J connectivity index is 2.27. The van der Waals surface area contributed by atoms with Gasteiger partial charge in [0.2, 0.25) is 0 Å². The van der Waals surface area contributed by atoms with E-state index in [0.29, 0.717) is 24.5 Å². The smallest absolute Gasteiger partial charge is 0.133 e. The second kappa shape index (κ2) is 6.19. The van der Waals surface area contributed by atoms with E-state index < -0.39 is 5.60 Å². The van der Waals surface area contributed by atoms with Crippen LogP contribution in [0, 0.1) is 5.92 Å². The van der Waals surface area contributed by atoms with E-state index in [1.54, 1.807) is 0 Å². The molecule has 0 aromatic carbocycles. The van der Waals surface area contributed by atoms with Gasteiger partial charge < -0.3 is 5.11 Å². The predicted octanol–water partition coefficient (Wildman–Crippen LogP) is 3.24. The number of ketones is 1. The number of unbranched alkanes of at least 4 members (excludes halogenated alkanes) is 1. The largest absolute Gasteiger partial charge is 0.390 e. The molecule has 2 nitrogen and oxygen atoms in total. The van der Waals surface area contributed by atoms with Crippen molar-refractivity contribution in [1.29, 1.82) is 0 Å². The zero-order chi connectivity index (χ0) is 12.0. The molecule has 0 bridgehead atoms. The minimum absolute atomic E-state index is 0.382. The summed E-state index contributed by atoms with van der Waals surface area (Å²) in [6.45, 7) is 4.03. The van der Waals surface area contributed by atoms with Gasteiger partial charge >= 0.3 is 0 Å². The van der Waals surface area contributed by atoms with E-state index in [0.717, 1.165) is 32.1 Å². The first kappa shape index (κ1) is 13.4. The van der Waals surface area contributed by atoms with Crippen molar-refractivity contribution in [3.8, 4) is 0 Å². The summed E-state index contributed by atoms with van der Waals surface area (Å²) in [4.78, 5) is 11.1. The summed E-state index contributed by atoms with van der Waals surface area (Å²) in [7, 11) is 0. The van der Waals surface area contributed by atoms with Crippen LogP contribution in [-0.4, -0.2) is 16.5 Å². The molecule has 2 atom stereocenters. The highest BCUT2D eigenvalue weighted by Crippen LogP contribution is 2.24. The van der Waals surface area contributed by atoms with Crippen molar-refractivity contribution < 1.29 is 9.90 Å². The summed E-state index contributed by atoms with van der Waals surface area (Å²) in [5.41, 5.74) is -0.574. The maximum atomic E-state index is 11.1. The molecule has 1 saturated carbocycles. The maximum Gasteiger partial charge on any atom is 0.133 e. The Bertz CT molecular complexity index is 253. The number of rotatable bonds is 6. The molecule has 1 unspecified atom stereocenters. The van der Waals surface area contributed by atoms with Gasteiger partial charge in [-0.15, -0.1) is 0 Å². The highest BCUT2D eigenvalue weighted by molar-refractivity contribution is 5.80. The lowest BCUT2D eigenvalue weighted by atomic mass is 9.94. The fraction of sp³-hybridized carbons (Fsp3) is 0.786. The molecule has 0 heterocycles. The second-order valence-corrected chi connectivity index (χ2v) is 5.27. The van der Waals surface area contributed by atoms with Gasteiger partial charge in [0.1, 0.15) is 5.78 Å². The van der Waals surface area contributed by atoms with E-state index in [-0.39, 0.29) is 0 Å². The third kappa shape index (κ3) is 4.93. The zero-order valence-electron chi connectivity index (χ0n) is 10.5. The molecular formula is C14H24O2. The molecule has 1 fully saturated rings. The molecule has 0 aromatic heterocycles. The Morgan fingerprint density at radius 3 is 2.88 bits per heavy atom. The molecule has 2 heteroatoms. The molecule has 0 aromatic rings. The van der Waals surface area contributed by atoms with Crippen molar-refractivity contribution in [2.75, 3.05) is 0 Å². The van der Waals surface area contributed by atoms with E-state index in [1.807, 2.05) is 6.92 Å². The molecule has 0 amide bonds. The lowest BCUT2D eigenvalue weighted by Gasteiger charge is -2.21. The number of hydrogen-bond acceptors (Lipinski definition) is 2. The zero-order valence-corrected chi connectivity index (χ0v) is 10.5. The van der Waals surface area contributed by atoms with Crippen molar-refractivity contribution >= 4 is 5.78 Å². The first-order valence-corrected chi connectivity index (χ1v) is 6.44. The number of Topliss-reactive ketones (excluding diaryl/α,β-unsaturated/α-hetero) is 1. The molecule has 1 N–H and O–H groups in total. The van der Waals surface area contributed by atoms with E-state index in [4.69, 9.17) is 0 Å². The number of hydrogen-bond donors (Lipinski definition) is 1. The van der Waals surface area contributed by atoms with Gasteiger partial charge in [0.25, 0.3) is 0 Å². The summed E-state index contributed by atoms with van der Waals surface area (Å²) in [6, 6.07) is 0. The molecule has 0 aliphatic heterocycles. The summed E-state index contributed by atoms with van der Waals surface area (Å²) in [6.07, 6.45) is 10.4. The molecule has 92 valence electrons. The van der Waals surface area contributed by atoms with Crippen LogP contribution in [-0.2, 0) is 4.79 Å². The molecule has 0 saturated heterocycles. The number of aliphatic hydroxyl groups is 1. The monoisotopic (exact) mass is 224 g/mol. The van der Waals surface area contributed by atoms with Crippen LogP contribution >= 0.6 is 0 Å². The number of carbonyl (C=O) groups is 1. The SMILES string of the molecule is CCCCC(C)(O)C/C=C/[C@H]1CCC(=O)C1. The van der Waals surface area contributed by atoms with Gasteiger partial charge in [0.05, 0.1) is 5.60 Å². The lowest BCUT2D eigenvalue weighted by molar-refractivity contribution is -0.117. The van der Waals surface area contributed by atoms with E-state index in [9.17, 15) is 9.90 Å². The van der Waals surface area contributed by atoms with Crippen LogP contribution < -0.4 is 0 Å². The first-order chi connectivity index (χ1) is 7.53. The van der Waals surface area contributed by atoms with Crippen LogP contribution in [0.1, 0.15) is 58.8 Å². The summed E-state index contributed by atoms with van der Waals surface area (Å²) in [5, 5.41) is 10.1. The van der Waals surface area contributed by atoms with Gasteiger partial charge in [-0.05, 0) is 32.1 Å². The van der Waals surface area contributed by atoms with Gasteiger partial charge in [-0.1, -0.05) is 31.9 Å². The highest BCUT2D eigenvalue weighted by Gasteiger charge is 2.21. The fourth-order valence-corrected chi connectivity index (χ4v) is 2.18. The highest BCUT2D eigenvalue weighted by atomic mass is 16.3. The summed E-state index contributed by atoms with van der Waals surface area (Å²) >= 11 is 0. The van der Waals surface area contributed by atoms with Crippen molar-refractivity contribution in [2.24, 2.45) is 5.92 Å². The predicted molar refractivity (Wildman–Crippen MR) is 66.3 cm³/mol. The van der Waals surface area contributed by atoms with Crippen LogP contribution in [0.4, 0.5) is 0 Å². The van der Waals surface area contributed by atoms with Gasteiger partial charge in [0, 0.05) is 12.8 Å². The topological polar surface area (TPSA) is 37.3 Å². The Morgan fingerprint density at radius 1 is 1.56 bits per heavy atom. The molecule has 1 aliphatic carbocycles. The third-order valence-corrected chi connectivity index (χ3v) is 3.32. The number of carbonyl (C=O) groups excluding carboxylic acids is 1. The van der Waals surface area contributed by atoms with Crippen molar-refractivity contribution in [3.63, 3.8) is 0 Å². The lowest BCUT2D eigenvalue weighted by Crippen LogP contribution is -2.22. The van der Waals surface area contributed by atoms with Crippen LogP contribution in [0.2, 0.25) is 0 Å². The molecule has 1 rings (SSSR count).